The Morgan fingerprint density at radius 3 is 2.53 bits per heavy atom. The summed E-state index contributed by atoms with van der Waals surface area (Å²) in [4.78, 5) is 11.4. The van der Waals surface area contributed by atoms with E-state index in [2.05, 4.69) is 11.9 Å². The predicted molar refractivity (Wildman–Crippen MR) is 61.5 cm³/mol. The first kappa shape index (κ1) is 10.7. The van der Waals surface area contributed by atoms with E-state index >= 15 is 0 Å². The molecule has 2 nitrogen and oxygen atoms in total. The van der Waals surface area contributed by atoms with Gasteiger partial charge in [0, 0.05) is 6.04 Å². The van der Waals surface area contributed by atoms with Gasteiger partial charge in [-0.15, -0.1) is 0 Å². The van der Waals surface area contributed by atoms with E-state index in [4.69, 9.17) is 0 Å². The zero-order valence-electron chi connectivity index (χ0n) is 9.43. The molecule has 0 aromatic carbocycles. The minimum absolute atomic E-state index is 0.00634. The fraction of sp³-hybridized carbons (Fsp3) is 0.769. The topological polar surface area (TPSA) is 29.1 Å². The highest BCUT2D eigenvalue weighted by Gasteiger charge is 2.43. The highest BCUT2D eigenvalue weighted by atomic mass is 16.1. The van der Waals surface area contributed by atoms with Crippen LogP contribution in [0.3, 0.4) is 0 Å². The molecule has 0 aliphatic heterocycles. The number of rotatable bonds is 2. The number of hydrogen-bond acceptors (Lipinski definition) is 1. The molecular weight excluding hydrogens is 186 g/mol. The van der Waals surface area contributed by atoms with Crippen LogP contribution in [0.2, 0.25) is 0 Å². The molecule has 1 spiro atoms. The van der Waals surface area contributed by atoms with Crippen LogP contribution in [-0.2, 0) is 4.79 Å². The second-order valence-electron chi connectivity index (χ2n) is 5.08. The molecule has 0 radical (unpaired) electrons. The van der Waals surface area contributed by atoms with Crippen molar-refractivity contribution in [2.75, 3.05) is 0 Å². The van der Waals surface area contributed by atoms with Crippen molar-refractivity contribution in [2.24, 2.45) is 5.41 Å². The summed E-state index contributed by atoms with van der Waals surface area (Å²) < 4.78 is 0. The van der Waals surface area contributed by atoms with E-state index in [9.17, 15) is 4.79 Å². The summed E-state index contributed by atoms with van der Waals surface area (Å²) in [5.41, 5.74) is 0.441. The molecule has 2 aliphatic carbocycles. The molecule has 15 heavy (non-hydrogen) atoms. The minimum Gasteiger partial charge on any atom is -0.349 e. The summed E-state index contributed by atoms with van der Waals surface area (Å²) in [6.45, 7) is 3.52. The maximum Gasteiger partial charge on any atom is 0.243 e. The quantitative estimate of drug-likeness (QED) is 0.693. The lowest BCUT2D eigenvalue weighted by Gasteiger charge is -2.39. The molecule has 84 valence electrons. The molecule has 0 bridgehead atoms. The van der Waals surface area contributed by atoms with E-state index in [1.165, 1.54) is 57.4 Å². The first-order valence-corrected chi connectivity index (χ1v) is 6.20. The second-order valence-corrected chi connectivity index (χ2v) is 5.08. The predicted octanol–water partition coefficient (Wildman–Crippen LogP) is 2.79. The van der Waals surface area contributed by atoms with E-state index in [1.54, 1.807) is 0 Å². The van der Waals surface area contributed by atoms with Crippen molar-refractivity contribution in [3.8, 4) is 0 Å². The summed E-state index contributed by atoms with van der Waals surface area (Å²) >= 11 is 0. The summed E-state index contributed by atoms with van der Waals surface area (Å²) in [7, 11) is 0. The number of nitrogens with one attached hydrogen (secondary N) is 1. The highest BCUT2D eigenvalue weighted by molar-refractivity contribution is 5.87. The Morgan fingerprint density at radius 2 is 1.87 bits per heavy atom. The Labute approximate surface area is 92.1 Å². The lowest BCUT2D eigenvalue weighted by molar-refractivity contribution is -0.118. The lowest BCUT2D eigenvalue weighted by atomic mass is 9.70. The number of carbonyl (C=O) groups is 1. The molecule has 0 heterocycles. The molecule has 0 aromatic heterocycles. The van der Waals surface area contributed by atoms with Gasteiger partial charge in [-0.2, -0.15) is 0 Å². The normalized spacial score (nSPS) is 28.9. The van der Waals surface area contributed by atoms with Crippen LogP contribution in [0.25, 0.3) is 0 Å². The van der Waals surface area contributed by atoms with Crippen LogP contribution in [0, 0.1) is 5.41 Å². The molecule has 2 saturated carbocycles. The third-order valence-electron chi connectivity index (χ3n) is 4.26. The molecule has 2 rings (SSSR count). The molecule has 1 unspecified atom stereocenters. The molecule has 0 saturated heterocycles. The lowest BCUT2D eigenvalue weighted by Crippen LogP contribution is -2.44. The van der Waals surface area contributed by atoms with Crippen LogP contribution in [0.5, 0.6) is 0 Å². The van der Waals surface area contributed by atoms with Gasteiger partial charge in [0.2, 0.25) is 5.91 Å². The fourth-order valence-corrected chi connectivity index (χ4v) is 3.45. The zero-order chi connectivity index (χ0) is 10.7. The van der Waals surface area contributed by atoms with Gasteiger partial charge in [-0.25, -0.2) is 0 Å². The van der Waals surface area contributed by atoms with Gasteiger partial charge < -0.3 is 5.32 Å². The van der Waals surface area contributed by atoms with Crippen LogP contribution in [0.1, 0.15) is 51.4 Å². The minimum atomic E-state index is 0.00634. The second kappa shape index (κ2) is 4.38. The van der Waals surface area contributed by atoms with Crippen LogP contribution in [0.15, 0.2) is 12.7 Å². The molecule has 0 aromatic rings. The van der Waals surface area contributed by atoms with Crippen molar-refractivity contribution >= 4 is 5.91 Å². The van der Waals surface area contributed by atoms with Crippen molar-refractivity contribution in [1.29, 1.82) is 0 Å². The van der Waals surface area contributed by atoms with E-state index in [0.29, 0.717) is 11.5 Å². The van der Waals surface area contributed by atoms with E-state index in [-0.39, 0.29) is 5.91 Å². The van der Waals surface area contributed by atoms with Gasteiger partial charge in [-0.05, 0) is 37.2 Å². The Morgan fingerprint density at radius 1 is 1.20 bits per heavy atom. The summed E-state index contributed by atoms with van der Waals surface area (Å²) in [5, 5.41) is 3.13. The zero-order valence-corrected chi connectivity index (χ0v) is 9.43. The SMILES string of the molecule is C=CC(=O)NC1CCCC12CCCCC2. The third-order valence-corrected chi connectivity index (χ3v) is 4.26. The number of hydrogen-bond donors (Lipinski definition) is 1. The maximum atomic E-state index is 11.4. The third kappa shape index (κ3) is 2.09. The van der Waals surface area contributed by atoms with Gasteiger partial charge in [0.05, 0.1) is 0 Å². The van der Waals surface area contributed by atoms with Crippen molar-refractivity contribution in [2.45, 2.75) is 57.4 Å². The Kier molecular flexibility index (Phi) is 3.13. The highest BCUT2D eigenvalue weighted by Crippen LogP contribution is 2.48. The van der Waals surface area contributed by atoms with Gasteiger partial charge in [-0.1, -0.05) is 32.3 Å². The van der Waals surface area contributed by atoms with E-state index in [1.807, 2.05) is 0 Å². The smallest absolute Gasteiger partial charge is 0.243 e. The molecule has 1 amide bonds. The van der Waals surface area contributed by atoms with E-state index in [0.717, 1.165) is 0 Å². The fourth-order valence-electron chi connectivity index (χ4n) is 3.45. The van der Waals surface area contributed by atoms with Crippen molar-refractivity contribution < 1.29 is 4.79 Å². The number of carbonyl (C=O) groups excluding carboxylic acids is 1. The Hall–Kier alpha value is -0.790. The van der Waals surface area contributed by atoms with Crippen LogP contribution in [0.4, 0.5) is 0 Å². The van der Waals surface area contributed by atoms with Gasteiger partial charge in [-0.3, -0.25) is 4.79 Å². The van der Waals surface area contributed by atoms with Crippen LogP contribution >= 0.6 is 0 Å². The average molecular weight is 207 g/mol. The first-order valence-electron chi connectivity index (χ1n) is 6.20. The van der Waals surface area contributed by atoms with Crippen molar-refractivity contribution in [3.05, 3.63) is 12.7 Å². The van der Waals surface area contributed by atoms with E-state index < -0.39 is 0 Å². The van der Waals surface area contributed by atoms with Gasteiger partial charge >= 0.3 is 0 Å². The van der Waals surface area contributed by atoms with Crippen molar-refractivity contribution in [1.82, 2.24) is 5.32 Å². The molecular formula is C13H21NO. The molecule has 2 aliphatic rings. The Balaban J connectivity index is 2.02. The largest absolute Gasteiger partial charge is 0.349 e. The first-order chi connectivity index (χ1) is 7.27. The average Bonchev–Trinajstić information content (AvgIpc) is 2.63. The standard InChI is InChI=1S/C13H21NO/c1-2-12(15)14-11-7-6-10-13(11)8-4-3-5-9-13/h2,11H,1,3-10H2,(H,14,15). The number of amides is 1. The monoisotopic (exact) mass is 207 g/mol. The maximum absolute atomic E-state index is 11.4. The molecule has 1 atom stereocenters. The van der Waals surface area contributed by atoms with Gasteiger partial charge in [0.25, 0.3) is 0 Å². The summed E-state index contributed by atoms with van der Waals surface area (Å²) in [6.07, 6.45) is 11.9. The molecule has 2 fully saturated rings. The van der Waals surface area contributed by atoms with Gasteiger partial charge in [0.15, 0.2) is 0 Å². The van der Waals surface area contributed by atoms with Crippen LogP contribution in [-0.4, -0.2) is 11.9 Å². The molecule has 2 heteroatoms. The van der Waals surface area contributed by atoms with Crippen LogP contribution < -0.4 is 5.32 Å². The summed E-state index contributed by atoms with van der Waals surface area (Å²) in [5.74, 6) is 0.00634. The van der Waals surface area contributed by atoms with Crippen molar-refractivity contribution in [3.63, 3.8) is 0 Å². The van der Waals surface area contributed by atoms with Gasteiger partial charge in [0.1, 0.15) is 0 Å². The Bertz CT molecular complexity index is 253. The summed E-state index contributed by atoms with van der Waals surface area (Å²) in [6, 6.07) is 0.420. The molecule has 1 N–H and O–H groups in total.